The van der Waals surface area contributed by atoms with Crippen LogP contribution in [0.25, 0.3) is 0 Å². The Kier molecular flexibility index (Phi) is 4.56. The molecule has 0 amide bonds. The zero-order valence-corrected chi connectivity index (χ0v) is 8.68. The summed E-state index contributed by atoms with van der Waals surface area (Å²) in [5.74, 6) is 0.357. The van der Waals surface area contributed by atoms with Gasteiger partial charge in [0.15, 0.2) is 0 Å². The molecule has 14 heavy (non-hydrogen) atoms. The molecule has 2 atom stereocenters. The summed E-state index contributed by atoms with van der Waals surface area (Å²) in [5, 5.41) is 9.82. The average Bonchev–Trinajstić information content (AvgIpc) is 2.19. The van der Waals surface area contributed by atoms with E-state index >= 15 is 0 Å². The Labute approximate surface area is 84.7 Å². The van der Waals surface area contributed by atoms with Crippen molar-refractivity contribution >= 4 is 0 Å². The largest absolute Gasteiger partial charge is 0.388 e. The topological polar surface area (TPSA) is 42.4 Å². The van der Waals surface area contributed by atoms with Crippen molar-refractivity contribution in [2.75, 3.05) is 13.7 Å². The molecule has 0 radical (unpaired) electrons. The number of nitrogens with zero attached hydrogens (tertiary/aromatic N) is 1. The minimum Gasteiger partial charge on any atom is -0.388 e. The zero-order chi connectivity index (χ0) is 10.4. The molecule has 0 aliphatic carbocycles. The van der Waals surface area contributed by atoms with Crippen molar-refractivity contribution in [3.63, 3.8) is 0 Å². The monoisotopic (exact) mass is 195 g/mol. The standard InChI is InChI=1S/C11H17NO2/c1-9(8-14-2)6-11(13)10-4-3-5-12-7-10/h3-5,7,9,11,13H,6,8H2,1-2H3. The van der Waals surface area contributed by atoms with Gasteiger partial charge < -0.3 is 9.84 Å². The molecule has 0 fully saturated rings. The molecule has 2 unspecified atom stereocenters. The summed E-state index contributed by atoms with van der Waals surface area (Å²) in [4.78, 5) is 3.97. The highest BCUT2D eigenvalue weighted by molar-refractivity contribution is 5.11. The highest BCUT2D eigenvalue weighted by Gasteiger charge is 2.11. The number of aliphatic hydroxyl groups is 1. The first-order valence-corrected chi connectivity index (χ1v) is 4.81. The molecule has 0 aromatic carbocycles. The van der Waals surface area contributed by atoms with E-state index in [1.807, 2.05) is 12.1 Å². The van der Waals surface area contributed by atoms with Crippen LogP contribution in [0, 0.1) is 5.92 Å². The van der Waals surface area contributed by atoms with Gasteiger partial charge in [0.25, 0.3) is 0 Å². The molecule has 0 saturated heterocycles. The maximum absolute atomic E-state index is 9.82. The van der Waals surface area contributed by atoms with E-state index in [9.17, 15) is 5.11 Å². The van der Waals surface area contributed by atoms with Crippen molar-refractivity contribution in [1.82, 2.24) is 4.98 Å². The number of hydrogen-bond acceptors (Lipinski definition) is 3. The third-order valence-electron chi connectivity index (χ3n) is 2.15. The molecule has 1 aromatic heterocycles. The second kappa shape index (κ2) is 5.73. The lowest BCUT2D eigenvalue weighted by Crippen LogP contribution is -2.09. The van der Waals surface area contributed by atoms with Crippen molar-refractivity contribution in [1.29, 1.82) is 0 Å². The molecule has 3 heteroatoms. The summed E-state index contributed by atoms with van der Waals surface area (Å²) in [5.41, 5.74) is 0.871. The lowest BCUT2D eigenvalue weighted by molar-refractivity contribution is 0.102. The first-order chi connectivity index (χ1) is 6.74. The van der Waals surface area contributed by atoms with E-state index in [4.69, 9.17) is 4.74 Å². The molecular formula is C11H17NO2. The van der Waals surface area contributed by atoms with E-state index in [1.54, 1.807) is 19.5 Å². The maximum atomic E-state index is 9.82. The van der Waals surface area contributed by atoms with E-state index in [1.165, 1.54) is 0 Å². The van der Waals surface area contributed by atoms with E-state index in [0.29, 0.717) is 18.9 Å². The van der Waals surface area contributed by atoms with Crippen LogP contribution in [0.2, 0.25) is 0 Å². The first-order valence-electron chi connectivity index (χ1n) is 4.81. The van der Waals surface area contributed by atoms with E-state index in [-0.39, 0.29) is 0 Å². The Bertz CT molecular complexity index is 251. The normalized spacial score (nSPS) is 15.1. The van der Waals surface area contributed by atoms with E-state index in [2.05, 4.69) is 11.9 Å². The molecule has 1 rings (SSSR count). The SMILES string of the molecule is COCC(C)CC(O)c1cccnc1. The summed E-state index contributed by atoms with van der Waals surface area (Å²) in [6.07, 6.45) is 3.67. The third kappa shape index (κ3) is 3.44. The van der Waals surface area contributed by atoms with Crippen LogP contribution in [-0.4, -0.2) is 23.8 Å². The van der Waals surface area contributed by atoms with Gasteiger partial charge in [0, 0.05) is 26.1 Å². The van der Waals surface area contributed by atoms with Gasteiger partial charge in [-0.15, -0.1) is 0 Å². The summed E-state index contributed by atoms with van der Waals surface area (Å²) in [6.45, 7) is 2.74. The lowest BCUT2D eigenvalue weighted by Gasteiger charge is -2.15. The Morgan fingerprint density at radius 1 is 1.57 bits per heavy atom. The molecule has 1 N–H and O–H groups in total. The van der Waals surface area contributed by atoms with E-state index < -0.39 is 6.10 Å². The number of pyridine rings is 1. The number of aromatic nitrogens is 1. The highest BCUT2D eigenvalue weighted by atomic mass is 16.5. The highest BCUT2D eigenvalue weighted by Crippen LogP contribution is 2.19. The van der Waals surface area contributed by atoms with Crippen LogP contribution in [-0.2, 0) is 4.74 Å². The summed E-state index contributed by atoms with van der Waals surface area (Å²) in [6, 6.07) is 3.72. The molecule has 0 aliphatic rings. The van der Waals surface area contributed by atoms with Crippen molar-refractivity contribution in [2.24, 2.45) is 5.92 Å². The van der Waals surface area contributed by atoms with Gasteiger partial charge in [0.05, 0.1) is 6.10 Å². The fraction of sp³-hybridized carbons (Fsp3) is 0.545. The van der Waals surface area contributed by atoms with Crippen molar-refractivity contribution in [3.05, 3.63) is 30.1 Å². The maximum Gasteiger partial charge on any atom is 0.0808 e. The van der Waals surface area contributed by atoms with Gasteiger partial charge in [-0.2, -0.15) is 0 Å². The average molecular weight is 195 g/mol. The van der Waals surface area contributed by atoms with Crippen molar-refractivity contribution in [3.8, 4) is 0 Å². The Morgan fingerprint density at radius 2 is 2.36 bits per heavy atom. The quantitative estimate of drug-likeness (QED) is 0.778. The molecule has 1 aromatic rings. The second-order valence-corrected chi connectivity index (χ2v) is 3.60. The van der Waals surface area contributed by atoms with Gasteiger partial charge in [0.1, 0.15) is 0 Å². The fourth-order valence-corrected chi connectivity index (χ4v) is 1.44. The Morgan fingerprint density at radius 3 is 2.93 bits per heavy atom. The minimum atomic E-state index is -0.436. The van der Waals surface area contributed by atoms with Gasteiger partial charge >= 0.3 is 0 Å². The second-order valence-electron chi connectivity index (χ2n) is 3.60. The van der Waals surface area contributed by atoms with E-state index in [0.717, 1.165) is 5.56 Å². The van der Waals surface area contributed by atoms with Crippen LogP contribution in [0.1, 0.15) is 25.0 Å². The first kappa shape index (κ1) is 11.1. The Balaban J connectivity index is 2.46. The number of aliphatic hydroxyl groups excluding tert-OH is 1. The molecule has 0 spiro atoms. The minimum absolute atomic E-state index is 0.357. The van der Waals surface area contributed by atoms with Crippen LogP contribution >= 0.6 is 0 Å². The van der Waals surface area contributed by atoms with Crippen LogP contribution in [0.3, 0.4) is 0 Å². The molecule has 78 valence electrons. The molecule has 0 aliphatic heterocycles. The van der Waals surface area contributed by atoms with Crippen LogP contribution in [0.4, 0.5) is 0 Å². The number of hydrogen-bond donors (Lipinski definition) is 1. The van der Waals surface area contributed by atoms with Gasteiger partial charge in [0.2, 0.25) is 0 Å². The number of rotatable bonds is 5. The van der Waals surface area contributed by atoms with Crippen molar-refractivity contribution < 1.29 is 9.84 Å². The number of methoxy groups -OCH3 is 1. The van der Waals surface area contributed by atoms with Gasteiger partial charge in [-0.25, -0.2) is 0 Å². The molecule has 3 nitrogen and oxygen atoms in total. The number of ether oxygens (including phenoxy) is 1. The van der Waals surface area contributed by atoms with Crippen LogP contribution in [0.15, 0.2) is 24.5 Å². The summed E-state index contributed by atoms with van der Waals surface area (Å²) < 4.78 is 5.01. The fourth-order valence-electron chi connectivity index (χ4n) is 1.44. The van der Waals surface area contributed by atoms with Gasteiger partial charge in [-0.05, 0) is 24.0 Å². The zero-order valence-electron chi connectivity index (χ0n) is 8.68. The summed E-state index contributed by atoms with van der Waals surface area (Å²) in [7, 11) is 1.67. The van der Waals surface area contributed by atoms with Crippen LogP contribution in [0.5, 0.6) is 0 Å². The molecule has 0 saturated carbocycles. The van der Waals surface area contributed by atoms with Gasteiger partial charge in [-0.3, -0.25) is 4.98 Å². The smallest absolute Gasteiger partial charge is 0.0808 e. The predicted octanol–water partition coefficient (Wildman–Crippen LogP) is 1.79. The van der Waals surface area contributed by atoms with Crippen LogP contribution < -0.4 is 0 Å². The molecular weight excluding hydrogens is 178 g/mol. The Hall–Kier alpha value is -0.930. The van der Waals surface area contributed by atoms with Gasteiger partial charge in [-0.1, -0.05) is 13.0 Å². The molecule has 0 bridgehead atoms. The third-order valence-corrected chi connectivity index (χ3v) is 2.15. The van der Waals surface area contributed by atoms with Crippen molar-refractivity contribution in [2.45, 2.75) is 19.4 Å². The molecule has 1 heterocycles. The predicted molar refractivity (Wildman–Crippen MR) is 54.9 cm³/mol. The lowest BCUT2D eigenvalue weighted by atomic mass is 10.0. The summed E-state index contributed by atoms with van der Waals surface area (Å²) >= 11 is 0.